The molecule has 0 saturated carbocycles. The molecule has 34 heavy (non-hydrogen) atoms. The SMILES string of the molecule is O=C(c1cn(C[C@H]2CCCO2)cc2c(=O)n(-c3ccccc3)nc1-2)N1CCCc2ccccc21. The summed E-state index contributed by atoms with van der Waals surface area (Å²) in [6.45, 7) is 1.99. The van der Waals surface area contributed by atoms with Crippen molar-refractivity contribution in [3.8, 4) is 16.9 Å². The first kappa shape index (κ1) is 20.9. The molecule has 7 heteroatoms. The molecule has 0 spiro atoms. The number of aromatic nitrogens is 3. The topological polar surface area (TPSA) is 69.4 Å². The molecule has 0 N–H and O–H groups in total. The number of amides is 1. The molecule has 6 rings (SSSR count). The fourth-order valence-corrected chi connectivity index (χ4v) is 5.08. The number of para-hydroxylation sites is 2. The van der Waals surface area contributed by atoms with Crippen molar-refractivity contribution in [1.82, 2.24) is 14.3 Å². The van der Waals surface area contributed by atoms with E-state index in [1.165, 1.54) is 10.2 Å². The van der Waals surface area contributed by atoms with Crippen molar-refractivity contribution < 1.29 is 9.53 Å². The molecule has 1 amide bonds. The van der Waals surface area contributed by atoms with E-state index in [1.807, 2.05) is 70.4 Å². The van der Waals surface area contributed by atoms with E-state index >= 15 is 0 Å². The quantitative estimate of drug-likeness (QED) is 0.469. The van der Waals surface area contributed by atoms with Gasteiger partial charge in [0.15, 0.2) is 0 Å². The van der Waals surface area contributed by atoms with Gasteiger partial charge in [-0.25, -0.2) is 0 Å². The van der Waals surface area contributed by atoms with Gasteiger partial charge in [-0.05, 0) is 49.4 Å². The lowest BCUT2D eigenvalue weighted by atomic mass is 10.00. The summed E-state index contributed by atoms with van der Waals surface area (Å²) in [6, 6.07) is 17.4. The highest BCUT2D eigenvalue weighted by molar-refractivity contribution is 6.10. The molecule has 0 aliphatic carbocycles. The number of carbonyl (C=O) groups excluding carboxylic acids is 1. The monoisotopic (exact) mass is 454 g/mol. The first-order valence-corrected chi connectivity index (χ1v) is 11.9. The van der Waals surface area contributed by atoms with Crippen molar-refractivity contribution in [3.63, 3.8) is 0 Å². The van der Waals surface area contributed by atoms with Crippen LogP contribution in [-0.2, 0) is 17.7 Å². The highest BCUT2D eigenvalue weighted by Gasteiger charge is 2.30. The maximum absolute atomic E-state index is 14.0. The summed E-state index contributed by atoms with van der Waals surface area (Å²) in [5.41, 5.74) is 3.88. The molecular formula is C27H26N4O3. The second kappa shape index (κ2) is 8.57. The predicted octanol–water partition coefficient (Wildman–Crippen LogP) is 3.91. The van der Waals surface area contributed by atoms with Crippen molar-refractivity contribution in [2.45, 2.75) is 38.3 Å². The number of fused-ring (bicyclic) bond motifs is 2. The Labute approximate surface area is 197 Å². The molecule has 0 unspecified atom stereocenters. The minimum Gasteiger partial charge on any atom is -0.376 e. The van der Waals surface area contributed by atoms with Gasteiger partial charge in [0.1, 0.15) is 5.69 Å². The van der Waals surface area contributed by atoms with Gasteiger partial charge in [-0.3, -0.25) is 9.59 Å². The second-order valence-corrected chi connectivity index (χ2v) is 9.01. The molecule has 0 bridgehead atoms. The summed E-state index contributed by atoms with van der Waals surface area (Å²) < 4.78 is 9.14. The smallest absolute Gasteiger partial charge is 0.282 e. The Morgan fingerprint density at radius 3 is 2.68 bits per heavy atom. The number of hydrogen-bond donors (Lipinski definition) is 0. The van der Waals surface area contributed by atoms with Gasteiger partial charge in [0.2, 0.25) is 0 Å². The van der Waals surface area contributed by atoms with Crippen molar-refractivity contribution in [1.29, 1.82) is 0 Å². The highest BCUT2D eigenvalue weighted by Crippen LogP contribution is 2.31. The minimum atomic E-state index is -0.226. The van der Waals surface area contributed by atoms with Crippen LogP contribution in [0.15, 0.2) is 71.8 Å². The van der Waals surface area contributed by atoms with E-state index in [0.29, 0.717) is 35.6 Å². The lowest BCUT2D eigenvalue weighted by molar-refractivity contribution is 0.0953. The first-order chi connectivity index (χ1) is 16.7. The van der Waals surface area contributed by atoms with E-state index in [-0.39, 0.29) is 17.6 Å². The zero-order valence-electron chi connectivity index (χ0n) is 18.9. The zero-order valence-corrected chi connectivity index (χ0v) is 18.9. The van der Waals surface area contributed by atoms with E-state index in [1.54, 1.807) is 0 Å². The molecule has 1 saturated heterocycles. The van der Waals surface area contributed by atoms with Crippen molar-refractivity contribution in [2.75, 3.05) is 18.1 Å². The molecule has 2 aromatic carbocycles. The number of pyridine rings is 1. The lowest BCUT2D eigenvalue weighted by Crippen LogP contribution is -2.36. The average molecular weight is 455 g/mol. The number of hydrogen-bond acceptors (Lipinski definition) is 4. The number of benzene rings is 2. The molecule has 4 aliphatic rings. The fraction of sp³-hybridized carbons (Fsp3) is 0.296. The van der Waals surface area contributed by atoms with E-state index < -0.39 is 0 Å². The van der Waals surface area contributed by atoms with Crippen LogP contribution in [0.2, 0.25) is 0 Å². The number of rotatable bonds is 4. The van der Waals surface area contributed by atoms with Crippen LogP contribution in [0.25, 0.3) is 16.9 Å². The van der Waals surface area contributed by atoms with Crippen LogP contribution >= 0.6 is 0 Å². The van der Waals surface area contributed by atoms with E-state index in [4.69, 9.17) is 4.74 Å². The van der Waals surface area contributed by atoms with Crippen LogP contribution < -0.4 is 10.5 Å². The number of nitrogens with zero attached hydrogens (tertiary/aromatic N) is 4. The van der Waals surface area contributed by atoms with Crippen LogP contribution in [0, 0.1) is 0 Å². The molecule has 4 aliphatic heterocycles. The summed E-state index contributed by atoms with van der Waals surface area (Å²) in [6.07, 6.45) is 7.60. The third-order valence-electron chi connectivity index (χ3n) is 6.75. The van der Waals surface area contributed by atoms with Crippen molar-refractivity contribution in [2.24, 2.45) is 0 Å². The first-order valence-electron chi connectivity index (χ1n) is 11.9. The number of aryl methyl sites for hydroxylation is 1. The molecule has 2 aromatic rings. The Kier molecular flexibility index (Phi) is 5.26. The van der Waals surface area contributed by atoms with Gasteiger partial charge in [-0.1, -0.05) is 36.4 Å². The molecule has 7 nitrogen and oxygen atoms in total. The summed E-state index contributed by atoms with van der Waals surface area (Å²) in [7, 11) is 0. The van der Waals surface area contributed by atoms with Crippen molar-refractivity contribution in [3.05, 3.63) is 88.5 Å². The fourth-order valence-electron chi connectivity index (χ4n) is 5.08. The molecular weight excluding hydrogens is 428 g/mol. The molecule has 172 valence electrons. The van der Waals surface area contributed by atoms with Crippen LogP contribution in [0.5, 0.6) is 0 Å². The van der Waals surface area contributed by atoms with E-state index in [2.05, 4.69) is 11.2 Å². The molecule has 4 heterocycles. The van der Waals surface area contributed by atoms with Gasteiger partial charge in [0.25, 0.3) is 11.5 Å². The summed E-state index contributed by atoms with van der Waals surface area (Å²) >= 11 is 0. The molecule has 1 atom stereocenters. The summed E-state index contributed by atoms with van der Waals surface area (Å²) in [5.74, 6) is -0.128. The number of anilines is 1. The van der Waals surface area contributed by atoms with Crippen LogP contribution in [0.3, 0.4) is 0 Å². The normalized spacial score (nSPS) is 17.8. The standard InChI is InChI=1S/C27H26N4O3/c32-26(30-14-6-9-19-8-4-5-13-24(19)30)22-17-29(16-21-12-7-15-34-21)18-23-25(22)28-31(27(23)33)20-10-2-1-3-11-20/h1-5,8,10-11,13,17-18,21H,6-7,9,12,14-16H2/t21-/m1/s1. The number of ether oxygens (including phenoxy) is 1. The van der Waals surface area contributed by atoms with E-state index in [9.17, 15) is 9.59 Å². The maximum Gasteiger partial charge on any atom is 0.282 e. The number of carbonyl (C=O) groups is 1. The highest BCUT2D eigenvalue weighted by atomic mass is 16.5. The maximum atomic E-state index is 14.0. The third-order valence-corrected chi connectivity index (χ3v) is 6.75. The van der Waals surface area contributed by atoms with Gasteiger partial charge >= 0.3 is 0 Å². The Balaban J connectivity index is 1.49. The summed E-state index contributed by atoms with van der Waals surface area (Å²) in [5, 5.41) is 4.64. The molecule has 0 aromatic heterocycles. The minimum absolute atomic E-state index is 0.0837. The molecule has 0 radical (unpaired) electrons. The van der Waals surface area contributed by atoms with Gasteiger partial charge in [-0.15, -0.1) is 0 Å². The second-order valence-electron chi connectivity index (χ2n) is 9.01. The van der Waals surface area contributed by atoms with Crippen LogP contribution in [-0.4, -0.2) is 39.5 Å². The van der Waals surface area contributed by atoms with Crippen molar-refractivity contribution >= 4 is 11.6 Å². The summed E-state index contributed by atoms with van der Waals surface area (Å²) in [4.78, 5) is 29.2. The zero-order chi connectivity index (χ0) is 23.1. The lowest BCUT2D eigenvalue weighted by Gasteiger charge is -2.30. The third kappa shape index (κ3) is 3.62. The Bertz CT molecular complexity index is 1370. The van der Waals surface area contributed by atoms with Gasteiger partial charge < -0.3 is 14.2 Å². The van der Waals surface area contributed by atoms with Gasteiger partial charge in [0, 0.05) is 37.8 Å². The van der Waals surface area contributed by atoms with E-state index in [0.717, 1.165) is 38.0 Å². The Morgan fingerprint density at radius 2 is 1.85 bits per heavy atom. The van der Waals surface area contributed by atoms with Crippen LogP contribution in [0.1, 0.15) is 35.2 Å². The Hall–Kier alpha value is -3.71. The largest absolute Gasteiger partial charge is 0.376 e. The van der Waals surface area contributed by atoms with Gasteiger partial charge in [-0.2, -0.15) is 9.78 Å². The Morgan fingerprint density at radius 1 is 1.03 bits per heavy atom. The van der Waals surface area contributed by atoms with Gasteiger partial charge in [0.05, 0.1) is 22.9 Å². The van der Waals surface area contributed by atoms with Crippen LogP contribution in [0.4, 0.5) is 5.69 Å². The predicted molar refractivity (Wildman–Crippen MR) is 130 cm³/mol. The molecule has 1 fully saturated rings. The average Bonchev–Trinajstić information content (AvgIpc) is 3.51.